The second-order valence-corrected chi connectivity index (χ2v) is 6.97. The number of ketones is 1. The number of carbonyl (C=O) groups is 1. The van der Waals surface area contributed by atoms with Crippen molar-refractivity contribution in [2.24, 2.45) is 5.92 Å². The van der Waals surface area contributed by atoms with Gasteiger partial charge < -0.3 is 5.11 Å². The van der Waals surface area contributed by atoms with Crippen LogP contribution in [0.15, 0.2) is 24.5 Å². The molecule has 128 valence electrons. The Balaban J connectivity index is 2.00. The number of carbonyl (C=O) groups excluding carboxylic acids is 1. The van der Waals surface area contributed by atoms with E-state index in [2.05, 4.69) is 15.9 Å². The molecule has 0 amide bonds. The monoisotopic (exact) mass is 354 g/mol. The second-order valence-electron chi connectivity index (χ2n) is 6.54. The van der Waals surface area contributed by atoms with Gasteiger partial charge in [-0.25, -0.2) is 9.97 Å². The van der Waals surface area contributed by atoms with E-state index >= 15 is 0 Å². The largest absolute Gasteiger partial charge is 0.392 e. The van der Waals surface area contributed by atoms with E-state index < -0.39 is 12.0 Å². The molecule has 1 aromatic carbocycles. The lowest BCUT2D eigenvalue weighted by molar-refractivity contribution is -0.122. The van der Waals surface area contributed by atoms with Crippen molar-refractivity contribution in [1.29, 1.82) is 0 Å². The van der Waals surface area contributed by atoms with Gasteiger partial charge in [-0.15, -0.1) is 12.3 Å². The van der Waals surface area contributed by atoms with Gasteiger partial charge in [0.05, 0.1) is 17.0 Å². The molecule has 25 heavy (non-hydrogen) atoms. The summed E-state index contributed by atoms with van der Waals surface area (Å²) in [4.78, 5) is 21.2. The second kappa shape index (κ2) is 6.95. The molecular weight excluding hydrogens is 336 g/mol. The van der Waals surface area contributed by atoms with Crippen LogP contribution in [0.1, 0.15) is 35.4 Å². The highest BCUT2D eigenvalue weighted by atomic mass is 35.5. The molecule has 1 N–H and O–H groups in total. The molecule has 1 heterocycles. The first-order valence-electron chi connectivity index (χ1n) is 8.16. The number of nitrogens with zero attached hydrogens (tertiary/aromatic N) is 2. The maximum absolute atomic E-state index is 12.7. The van der Waals surface area contributed by atoms with Crippen molar-refractivity contribution >= 4 is 17.4 Å². The van der Waals surface area contributed by atoms with Crippen molar-refractivity contribution in [2.45, 2.75) is 38.7 Å². The Labute approximate surface area is 152 Å². The fraction of sp³-hybridized carbons (Fsp3) is 0.350. The highest BCUT2D eigenvalue weighted by Crippen LogP contribution is 2.40. The Morgan fingerprint density at radius 2 is 1.88 bits per heavy atom. The molecule has 0 radical (unpaired) electrons. The maximum atomic E-state index is 12.7. The van der Waals surface area contributed by atoms with E-state index in [1.165, 1.54) is 0 Å². The number of aromatic nitrogens is 2. The molecule has 1 aliphatic rings. The molecule has 3 rings (SSSR count). The zero-order chi connectivity index (χ0) is 18.1. The number of Topliss-reactive ketones (excluding diaryl/α,β-unsaturated/α-hetero) is 1. The Morgan fingerprint density at radius 3 is 2.44 bits per heavy atom. The molecule has 1 fully saturated rings. The first kappa shape index (κ1) is 17.6. The third-order valence-corrected chi connectivity index (χ3v) is 4.96. The fourth-order valence-electron chi connectivity index (χ4n) is 3.70. The number of rotatable bonds is 3. The van der Waals surface area contributed by atoms with Gasteiger partial charge in [-0.3, -0.25) is 4.79 Å². The number of hydrogen-bond acceptors (Lipinski definition) is 4. The fourth-order valence-corrected chi connectivity index (χ4v) is 3.80. The molecule has 0 aliphatic heterocycles. The number of halogens is 1. The third-order valence-electron chi connectivity index (χ3n) is 4.77. The summed E-state index contributed by atoms with van der Waals surface area (Å²) in [7, 11) is 0. The van der Waals surface area contributed by atoms with Crippen LogP contribution in [0.5, 0.6) is 0 Å². The minimum absolute atomic E-state index is 0.0344. The van der Waals surface area contributed by atoms with Crippen LogP contribution in [0.25, 0.3) is 11.4 Å². The van der Waals surface area contributed by atoms with Gasteiger partial charge in [0.15, 0.2) is 5.82 Å². The Hall–Kier alpha value is -2.22. The molecule has 2 aromatic rings. The van der Waals surface area contributed by atoms with Gasteiger partial charge in [0.25, 0.3) is 0 Å². The lowest BCUT2D eigenvalue weighted by Crippen LogP contribution is -2.20. The highest BCUT2D eigenvalue weighted by molar-refractivity contribution is 6.30. The minimum atomic E-state index is -0.694. The first-order valence-corrected chi connectivity index (χ1v) is 8.54. The van der Waals surface area contributed by atoms with Crippen molar-refractivity contribution in [3.05, 3.63) is 46.2 Å². The number of aliphatic hydroxyl groups is 1. The van der Waals surface area contributed by atoms with E-state index in [0.29, 0.717) is 23.7 Å². The standard InChI is InChI=1S/C20H19ClN2O2/c1-4-5-13-8-16(24)18(19(13)25)17-11(2)6-14(7-12(17)3)20-22-9-15(21)10-23-20/h1,6-7,9-10,13,16,18,24H,5,8H2,2-3H3. The zero-order valence-electron chi connectivity index (χ0n) is 14.2. The summed E-state index contributed by atoms with van der Waals surface area (Å²) in [5.41, 5.74) is 3.62. The van der Waals surface area contributed by atoms with Gasteiger partial charge >= 0.3 is 0 Å². The molecule has 1 aromatic heterocycles. The maximum Gasteiger partial charge on any atom is 0.159 e. The Kier molecular flexibility index (Phi) is 4.89. The van der Waals surface area contributed by atoms with E-state index in [4.69, 9.17) is 18.0 Å². The molecule has 0 bridgehead atoms. The van der Waals surface area contributed by atoms with Crippen LogP contribution >= 0.6 is 11.6 Å². The van der Waals surface area contributed by atoms with Gasteiger partial charge in [-0.2, -0.15) is 0 Å². The number of benzene rings is 1. The van der Waals surface area contributed by atoms with Crippen LogP contribution in [0.2, 0.25) is 5.02 Å². The molecule has 0 saturated heterocycles. The summed E-state index contributed by atoms with van der Waals surface area (Å²) in [6.45, 7) is 3.88. The highest BCUT2D eigenvalue weighted by Gasteiger charge is 2.42. The average Bonchev–Trinajstić information content (AvgIpc) is 2.83. The summed E-state index contributed by atoms with van der Waals surface area (Å²) >= 11 is 5.84. The molecule has 1 saturated carbocycles. The smallest absolute Gasteiger partial charge is 0.159 e. The summed E-state index contributed by atoms with van der Waals surface area (Å²) in [5.74, 6) is 2.37. The lowest BCUT2D eigenvalue weighted by atomic mass is 9.85. The van der Waals surface area contributed by atoms with Crippen LogP contribution in [0.3, 0.4) is 0 Å². The van der Waals surface area contributed by atoms with Crippen LogP contribution in [-0.4, -0.2) is 27.0 Å². The average molecular weight is 355 g/mol. The van der Waals surface area contributed by atoms with Gasteiger partial charge in [0, 0.05) is 30.3 Å². The van der Waals surface area contributed by atoms with E-state index in [9.17, 15) is 9.90 Å². The van der Waals surface area contributed by atoms with Crippen LogP contribution in [-0.2, 0) is 4.79 Å². The van der Waals surface area contributed by atoms with E-state index in [1.807, 2.05) is 26.0 Å². The summed E-state index contributed by atoms with van der Waals surface area (Å²) in [6, 6.07) is 3.89. The molecule has 5 heteroatoms. The molecule has 3 unspecified atom stereocenters. The number of terminal acetylenes is 1. The predicted molar refractivity (Wildman–Crippen MR) is 97.3 cm³/mol. The summed E-state index contributed by atoms with van der Waals surface area (Å²) in [6.07, 6.45) is 8.56. The first-order chi connectivity index (χ1) is 11.9. The lowest BCUT2D eigenvalue weighted by Gasteiger charge is -2.20. The third kappa shape index (κ3) is 3.30. The van der Waals surface area contributed by atoms with Crippen molar-refractivity contribution in [2.75, 3.05) is 0 Å². The van der Waals surface area contributed by atoms with Gasteiger partial charge in [0.1, 0.15) is 5.78 Å². The summed E-state index contributed by atoms with van der Waals surface area (Å²) < 4.78 is 0. The molecule has 1 aliphatic carbocycles. The zero-order valence-corrected chi connectivity index (χ0v) is 14.9. The van der Waals surface area contributed by atoms with Gasteiger partial charge in [0.2, 0.25) is 0 Å². The molecule has 0 spiro atoms. The Bertz CT molecular complexity index is 832. The van der Waals surface area contributed by atoms with E-state index in [0.717, 1.165) is 22.3 Å². The topological polar surface area (TPSA) is 63.1 Å². The van der Waals surface area contributed by atoms with Gasteiger partial charge in [-0.1, -0.05) is 11.6 Å². The number of hydrogen-bond donors (Lipinski definition) is 1. The van der Waals surface area contributed by atoms with Crippen molar-refractivity contribution in [1.82, 2.24) is 9.97 Å². The predicted octanol–water partition coefficient (Wildman–Crippen LogP) is 3.47. The van der Waals surface area contributed by atoms with Crippen molar-refractivity contribution < 1.29 is 9.90 Å². The van der Waals surface area contributed by atoms with Crippen LogP contribution in [0, 0.1) is 32.1 Å². The molecule has 3 atom stereocenters. The minimum Gasteiger partial charge on any atom is -0.392 e. The quantitative estimate of drug-likeness (QED) is 0.857. The number of aliphatic hydroxyl groups excluding tert-OH is 1. The normalized spacial score (nSPS) is 22.8. The summed E-state index contributed by atoms with van der Waals surface area (Å²) in [5, 5.41) is 10.9. The Morgan fingerprint density at radius 1 is 1.28 bits per heavy atom. The van der Waals surface area contributed by atoms with E-state index in [-0.39, 0.29) is 11.7 Å². The van der Waals surface area contributed by atoms with Crippen molar-refractivity contribution in [3.8, 4) is 23.7 Å². The SMILES string of the molecule is C#CCC1CC(O)C(c2c(C)cc(-c3ncc(Cl)cn3)cc2C)C1=O. The van der Waals surface area contributed by atoms with Crippen LogP contribution < -0.4 is 0 Å². The number of aryl methyl sites for hydroxylation is 2. The van der Waals surface area contributed by atoms with Crippen molar-refractivity contribution in [3.63, 3.8) is 0 Å². The molecular formula is C20H19ClN2O2. The van der Waals surface area contributed by atoms with E-state index in [1.54, 1.807) is 12.4 Å². The van der Waals surface area contributed by atoms with Gasteiger partial charge in [-0.05, 0) is 49.1 Å². The van der Waals surface area contributed by atoms with Crippen LogP contribution in [0.4, 0.5) is 0 Å². The molecule has 4 nitrogen and oxygen atoms in total.